The van der Waals surface area contributed by atoms with Crippen molar-refractivity contribution in [2.45, 2.75) is 68.5 Å². The molecule has 0 aliphatic heterocycles. The van der Waals surface area contributed by atoms with E-state index >= 15 is 0 Å². The number of rotatable bonds is 12. The Labute approximate surface area is 239 Å². The zero-order chi connectivity index (χ0) is 24.7. The van der Waals surface area contributed by atoms with Gasteiger partial charge in [0.05, 0.1) is 22.3 Å². The largest absolute Gasteiger partial charge is 0.358 e. The number of nitrogens with one attached hydrogen (secondary N) is 4. The number of thioether (sulfide) groups is 1. The van der Waals surface area contributed by atoms with Crippen LogP contribution in [-0.4, -0.2) is 84.6 Å². The molecule has 0 aromatic carbocycles. The summed E-state index contributed by atoms with van der Waals surface area (Å²) in [5.74, 6) is 0.957. The van der Waals surface area contributed by atoms with E-state index in [2.05, 4.69) is 33.9 Å². The third-order valence-electron chi connectivity index (χ3n) is 3.16. The normalized spacial score (nSPS) is 10.1. The average Bonchev–Trinajstić information content (AvgIpc) is 2.79. The first kappa shape index (κ1) is 51.0. The molecule has 0 unspecified atom stereocenters. The van der Waals surface area contributed by atoms with Crippen molar-refractivity contribution in [1.82, 2.24) is 21.3 Å². The number of nitrogens with two attached hydrogens (primary N) is 2. The lowest BCUT2D eigenvalue weighted by atomic mass is 10.3. The molecule has 0 saturated carbocycles. The fourth-order valence-electron chi connectivity index (χ4n) is 1.44. The van der Waals surface area contributed by atoms with E-state index in [1.165, 1.54) is 11.8 Å². The van der Waals surface area contributed by atoms with Gasteiger partial charge in [-0.2, -0.15) is 12.6 Å². The highest BCUT2D eigenvalue weighted by Crippen LogP contribution is 2.01. The van der Waals surface area contributed by atoms with Crippen molar-refractivity contribution in [3.05, 3.63) is 0 Å². The third kappa shape index (κ3) is 37.9. The van der Waals surface area contributed by atoms with Crippen molar-refractivity contribution < 1.29 is 19.2 Å². The van der Waals surface area contributed by atoms with Crippen LogP contribution in [0.3, 0.4) is 0 Å². The van der Waals surface area contributed by atoms with Gasteiger partial charge in [0.25, 0.3) is 0 Å². The molecule has 0 aromatic heterocycles. The first-order chi connectivity index (χ1) is 14.6. The quantitative estimate of drug-likeness (QED) is 0.0954. The summed E-state index contributed by atoms with van der Waals surface area (Å²) in [5, 5.41) is 10.3. The van der Waals surface area contributed by atoms with Crippen molar-refractivity contribution >= 4 is 70.6 Å². The van der Waals surface area contributed by atoms with Gasteiger partial charge in [-0.3, -0.25) is 19.2 Å². The molecule has 2 atom stereocenters. The van der Waals surface area contributed by atoms with Crippen LogP contribution in [0.15, 0.2) is 0 Å². The molecule has 0 aliphatic rings. The fraction of sp³-hybridized carbons (Fsp3) is 0.818. The molecule has 0 rings (SSSR count). The third-order valence-corrected chi connectivity index (χ3v) is 5.31. The molecule has 216 valence electrons. The summed E-state index contributed by atoms with van der Waals surface area (Å²) in [6, 6.07) is -1.01. The molecule has 0 heterocycles. The van der Waals surface area contributed by atoms with Gasteiger partial charge < -0.3 is 32.7 Å². The van der Waals surface area contributed by atoms with Gasteiger partial charge in [0.2, 0.25) is 23.6 Å². The molecule has 0 bridgehead atoms. The number of thiol groups is 1. The molecule has 0 fully saturated rings. The molecule has 0 aliphatic carbocycles. The maximum Gasteiger partial charge on any atom is 0.237 e. The van der Waals surface area contributed by atoms with Crippen LogP contribution in [0, 0.1) is 0 Å². The second kappa shape index (κ2) is 37.8. The molecule has 0 radical (unpaired) electrons. The van der Waals surface area contributed by atoms with Gasteiger partial charge in [-0.15, -0.1) is 11.8 Å². The summed E-state index contributed by atoms with van der Waals surface area (Å²) >= 11 is 7.23. The minimum atomic E-state index is -0.543. The van der Waals surface area contributed by atoms with E-state index in [4.69, 9.17) is 11.5 Å². The summed E-state index contributed by atoms with van der Waals surface area (Å²) in [7, 11) is 3.09. The maximum atomic E-state index is 11.1. The van der Waals surface area contributed by atoms with Crippen LogP contribution in [-0.2, 0) is 19.2 Å². The molecule has 8 N–H and O–H groups in total. The van der Waals surface area contributed by atoms with Crippen molar-refractivity contribution in [2.24, 2.45) is 11.5 Å². The summed E-state index contributed by atoms with van der Waals surface area (Å²) in [6.45, 7) is 5.53. The number of carbonyl (C=O) groups excluding carboxylic acids is 4. The summed E-state index contributed by atoms with van der Waals surface area (Å²) in [5.41, 5.74) is 10.8. The molecular weight excluding hydrogens is 603 g/mol. The molecule has 10 nitrogen and oxygen atoms in total. The van der Waals surface area contributed by atoms with Crippen LogP contribution < -0.4 is 32.7 Å². The second-order valence-electron chi connectivity index (χ2n) is 5.97. The lowest BCUT2D eigenvalue weighted by Gasteiger charge is -2.09. The maximum absolute atomic E-state index is 11.1. The Morgan fingerprint density at radius 2 is 1.23 bits per heavy atom. The van der Waals surface area contributed by atoms with Gasteiger partial charge in [-0.25, -0.2) is 0 Å². The van der Waals surface area contributed by atoms with Crippen LogP contribution in [0.4, 0.5) is 0 Å². The molecule has 35 heavy (non-hydrogen) atoms. The van der Waals surface area contributed by atoms with E-state index in [0.29, 0.717) is 28.2 Å². The van der Waals surface area contributed by atoms with E-state index in [-0.39, 0.29) is 53.3 Å². The van der Waals surface area contributed by atoms with Gasteiger partial charge in [0.1, 0.15) is 0 Å². The highest BCUT2D eigenvalue weighted by atomic mass is 127. The Kier molecular flexibility index (Phi) is 55.0. The zero-order valence-corrected chi connectivity index (χ0v) is 22.7. The number of hydrogen-bond acceptors (Lipinski definition) is 8. The molecule has 0 aromatic rings. The second-order valence-corrected chi connectivity index (χ2v) is 8.13. The monoisotopic (exact) mass is 658 g/mol. The van der Waals surface area contributed by atoms with Crippen molar-refractivity contribution in [2.75, 3.05) is 48.9 Å². The van der Waals surface area contributed by atoms with Crippen LogP contribution in [0.2, 0.25) is 0 Å². The summed E-state index contributed by atoms with van der Waals surface area (Å²) in [6.07, 6.45) is 1.94. The Balaban J connectivity index is -0.0000000682. The highest BCUT2D eigenvalue weighted by molar-refractivity contribution is 14.1. The predicted molar refractivity (Wildman–Crippen MR) is 168 cm³/mol. The number of likely N-dealkylation sites (N-methyl/N-ethyl adjacent to an activating group) is 2. The number of amides is 4. The smallest absolute Gasteiger partial charge is 0.237 e. The lowest BCUT2D eigenvalue weighted by molar-refractivity contribution is -0.122. The topological polar surface area (TPSA) is 168 Å². The first-order valence-corrected chi connectivity index (χ1v) is 13.2. The Hall–Kier alpha value is -0.770. The van der Waals surface area contributed by atoms with E-state index in [0.717, 1.165) is 19.4 Å². The summed E-state index contributed by atoms with van der Waals surface area (Å²) < 4.78 is 0.567. The van der Waals surface area contributed by atoms with E-state index in [9.17, 15) is 19.2 Å². The lowest BCUT2D eigenvalue weighted by Crippen LogP contribution is -2.40. The van der Waals surface area contributed by atoms with Crippen LogP contribution in [0.5, 0.6) is 0 Å². The molecule has 13 heteroatoms. The molecule has 0 spiro atoms. The average molecular weight is 659 g/mol. The van der Waals surface area contributed by atoms with Crippen LogP contribution >= 0.6 is 47.0 Å². The van der Waals surface area contributed by atoms with Crippen molar-refractivity contribution in [3.63, 3.8) is 0 Å². The molecule has 0 saturated heterocycles. The van der Waals surface area contributed by atoms with E-state index in [1.54, 1.807) is 14.1 Å². The van der Waals surface area contributed by atoms with Gasteiger partial charge in [0, 0.05) is 38.7 Å². The molecule has 4 amide bonds. The van der Waals surface area contributed by atoms with Gasteiger partial charge in [-0.1, -0.05) is 66.1 Å². The van der Waals surface area contributed by atoms with Crippen molar-refractivity contribution in [1.29, 1.82) is 0 Å². The van der Waals surface area contributed by atoms with Crippen molar-refractivity contribution in [3.8, 4) is 0 Å². The Morgan fingerprint density at radius 3 is 1.54 bits per heavy atom. The number of hydrogen-bond donors (Lipinski definition) is 7. The van der Waals surface area contributed by atoms with E-state index < -0.39 is 12.1 Å². The number of carbonyl (C=O) groups is 4. The van der Waals surface area contributed by atoms with Crippen LogP contribution in [0.1, 0.15) is 56.4 Å². The highest BCUT2D eigenvalue weighted by Gasteiger charge is 2.12. The van der Waals surface area contributed by atoms with E-state index in [1.807, 2.05) is 36.4 Å². The Bertz CT molecular complexity index is 507. The van der Waals surface area contributed by atoms with Gasteiger partial charge in [0.15, 0.2) is 0 Å². The van der Waals surface area contributed by atoms with Gasteiger partial charge >= 0.3 is 0 Å². The predicted octanol–water partition coefficient (Wildman–Crippen LogP) is 1.80. The molecular formula is C22H55IN6O4S2. The summed E-state index contributed by atoms with van der Waals surface area (Å²) in [4.78, 5) is 43.1. The minimum Gasteiger partial charge on any atom is -0.358 e. The van der Waals surface area contributed by atoms with Crippen LogP contribution in [0.25, 0.3) is 0 Å². The number of alkyl halides is 1. The fourth-order valence-corrected chi connectivity index (χ4v) is 2.68. The Morgan fingerprint density at radius 1 is 0.829 bits per heavy atom. The zero-order valence-electron chi connectivity index (χ0n) is 18.8. The standard InChI is InChI=1S/C9H19N3O2S.C5H10INO.C4H10N2OS.4CH4/c1-3-4-12-8(13)6-15-5-7(10)9(14)11-2;1-2-3-7-5(8)4-6;1-6-4(7)3(5)2-8;;;;/h7H,3-6,10H2,1-2H3,(H,11,14)(H,12,13);2-4H2,1H3,(H,7,8);3,8H,2,5H2,1H3,(H,6,7);4*1H4/t7-;;3-;;;;/m1.1..../s1. The SMILES string of the molecule is C.C.C.C.CCCNC(=O)CI.CCCNC(=O)CSC[C@@H](N)C(=O)NC.CNC(=O)[C@H](N)CS. The van der Waals surface area contributed by atoms with Gasteiger partial charge in [-0.05, 0) is 12.8 Å². The minimum absolute atomic E-state index is 0. The first-order valence-electron chi connectivity index (χ1n) is 9.87. The number of halogens is 1.